The van der Waals surface area contributed by atoms with Gasteiger partial charge < -0.3 is 8.94 Å². The maximum atomic E-state index is 13.0. The third kappa shape index (κ3) is 1.73. The topological polar surface area (TPSA) is 52.1 Å². The smallest absolute Gasteiger partial charge is 0.300 e. The molecule has 3 rings (SSSR count). The highest BCUT2D eigenvalue weighted by Gasteiger charge is 2.19. The van der Waals surface area contributed by atoms with E-state index in [9.17, 15) is 13.2 Å². The normalized spacial score (nSPS) is 11.6. The first-order valence-electron chi connectivity index (χ1n) is 4.95. The fourth-order valence-electron chi connectivity index (χ4n) is 1.54. The van der Waals surface area contributed by atoms with Crippen LogP contribution in [-0.4, -0.2) is 10.1 Å². The summed E-state index contributed by atoms with van der Waals surface area (Å²) in [5, 5.41) is 3.60. The Morgan fingerprint density at radius 3 is 2.72 bits per heavy atom. The Kier molecular flexibility index (Phi) is 2.32. The van der Waals surface area contributed by atoms with Crippen LogP contribution in [0.1, 0.15) is 12.2 Å². The molecule has 0 aliphatic heterocycles. The molecular weight excluding hydrogens is 249 g/mol. The first-order chi connectivity index (χ1) is 8.63. The summed E-state index contributed by atoms with van der Waals surface area (Å²) in [7, 11) is 0. The average molecular weight is 254 g/mol. The Labute approximate surface area is 98.0 Å². The van der Waals surface area contributed by atoms with E-state index >= 15 is 0 Å². The molecule has 0 saturated heterocycles. The summed E-state index contributed by atoms with van der Waals surface area (Å²) in [5.41, 5.74) is 0.406. The molecule has 4 nitrogen and oxygen atoms in total. The minimum absolute atomic E-state index is 0.120. The van der Waals surface area contributed by atoms with Crippen LogP contribution < -0.4 is 0 Å². The van der Waals surface area contributed by atoms with Crippen molar-refractivity contribution < 1.29 is 22.1 Å². The van der Waals surface area contributed by atoms with Gasteiger partial charge in [0.2, 0.25) is 5.82 Å². The molecular formula is C11H5F3N2O2. The second kappa shape index (κ2) is 3.86. The lowest BCUT2D eigenvalue weighted by Crippen LogP contribution is -1.85. The molecule has 92 valence electrons. The molecule has 0 N–H and O–H groups in total. The van der Waals surface area contributed by atoms with Gasteiger partial charge in [-0.1, -0.05) is 5.16 Å². The standard InChI is InChI=1S/C11H5F3N2O2/c12-6-1-2-7-5(3-6)4-8(17-7)11-15-10(9(13)14)16-18-11/h1-4,9H. The molecule has 3 aromatic rings. The van der Waals surface area contributed by atoms with E-state index in [0.29, 0.717) is 11.0 Å². The van der Waals surface area contributed by atoms with Gasteiger partial charge in [0.05, 0.1) is 0 Å². The van der Waals surface area contributed by atoms with Gasteiger partial charge in [0, 0.05) is 5.39 Å². The maximum Gasteiger partial charge on any atom is 0.300 e. The predicted octanol–water partition coefficient (Wildman–Crippen LogP) is 3.56. The summed E-state index contributed by atoms with van der Waals surface area (Å²) in [6, 6.07) is 5.36. The molecule has 2 heterocycles. The summed E-state index contributed by atoms with van der Waals surface area (Å²) in [6.07, 6.45) is -2.82. The second-order valence-corrected chi connectivity index (χ2v) is 3.55. The zero-order valence-corrected chi connectivity index (χ0v) is 8.73. The molecule has 0 saturated carbocycles. The van der Waals surface area contributed by atoms with E-state index < -0.39 is 18.1 Å². The number of hydrogen-bond acceptors (Lipinski definition) is 4. The lowest BCUT2D eigenvalue weighted by atomic mass is 10.2. The molecule has 2 aromatic heterocycles. The monoisotopic (exact) mass is 254 g/mol. The first-order valence-corrected chi connectivity index (χ1v) is 4.95. The van der Waals surface area contributed by atoms with Crippen molar-refractivity contribution in [1.29, 1.82) is 0 Å². The minimum atomic E-state index is -2.82. The number of halogens is 3. The van der Waals surface area contributed by atoms with E-state index in [2.05, 4.69) is 14.7 Å². The molecule has 0 amide bonds. The van der Waals surface area contributed by atoms with Crippen LogP contribution in [0.3, 0.4) is 0 Å². The largest absolute Gasteiger partial charge is 0.451 e. The quantitative estimate of drug-likeness (QED) is 0.701. The fraction of sp³-hybridized carbons (Fsp3) is 0.0909. The number of aromatic nitrogens is 2. The summed E-state index contributed by atoms with van der Waals surface area (Å²) in [4.78, 5) is 3.48. The molecule has 0 aliphatic rings. The lowest BCUT2D eigenvalue weighted by Gasteiger charge is -1.86. The van der Waals surface area contributed by atoms with E-state index in [1.54, 1.807) is 0 Å². The molecule has 0 aliphatic carbocycles. The Morgan fingerprint density at radius 2 is 2.00 bits per heavy atom. The van der Waals surface area contributed by atoms with E-state index in [1.807, 2.05) is 0 Å². The Morgan fingerprint density at radius 1 is 1.17 bits per heavy atom. The average Bonchev–Trinajstić information content (AvgIpc) is 2.93. The van der Waals surface area contributed by atoms with Gasteiger partial charge in [0.15, 0.2) is 5.76 Å². The second-order valence-electron chi connectivity index (χ2n) is 3.55. The number of benzene rings is 1. The summed E-state index contributed by atoms with van der Waals surface area (Å²) in [5.74, 6) is -1.18. The SMILES string of the molecule is Fc1ccc2oc(-c3nc(C(F)F)no3)cc2c1. The summed E-state index contributed by atoms with van der Waals surface area (Å²) < 4.78 is 47.5. The number of hydrogen-bond donors (Lipinski definition) is 0. The van der Waals surface area contributed by atoms with Crippen LogP contribution in [0, 0.1) is 5.82 Å². The van der Waals surface area contributed by atoms with Crippen molar-refractivity contribution in [3.63, 3.8) is 0 Å². The highest BCUT2D eigenvalue weighted by molar-refractivity contribution is 5.81. The van der Waals surface area contributed by atoms with Gasteiger partial charge in [-0.05, 0) is 24.3 Å². The van der Waals surface area contributed by atoms with Crippen molar-refractivity contribution in [2.75, 3.05) is 0 Å². The number of alkyl halides is 2. The van der Waals surface area contributed by atoms with Crippen LogP contribution in [0.25, 0.3) is 22.6 Å². The van der Waals surface area contributed by atoms with E-state index in [1.165, 1.54) is 24.3 Å². The number of nitrogens with zero attached hydrogens (tertiary/aromatic N) is 2. The van der Waals surface area contributed by atoms with Gasteiger partial charge >= 0.3 is 6.43 Å². The van der Waals surface area contributed by atoms with E-state index in [0.717, 1.165) is 0 Å². The zero-order valence-electron chi connectivity index (χ0n) is 8.73. The summed E-state index contributed by atoms with van der Waals surface area (Å²) >= 11 is 0. The van der Waals surface area contributed by atoms with Gasteiger partial charge in [-0.25, -0.2) is 13.2 Å². The molecule has 0 radical (unpaired) electrons. The van der Waals surface area contributed by atoms with Crippen LogP contribution in [0.5, 0.6) is 0 Å². The van der Waals surface area contributed by atoms with E-state index in [-0.39, 0.29) is 11.7 Å². The third-order valence-electron chi connectivity index (χ3n) is 2.33. The van der Waals surface area contributed by atoms with Gasteiger partial charge in [0.25, 0.3) is 5.89 Å². The molecule has 0 atom stereocenters. The maximum absolute atomic E-state index is 13.0. The number of rotatable bonds is 2. The number of furan rings is 1. The molecule has 7 heteroatoms. The molecule has 0 fully saturated rings. The van der Waals surface area contributed by atoms with Crippen molar-refractivity contribution in [3.8, 4) is 11.7 Å². The van der Waals surface area contributed by atoms with Crippen molar-refractivity contribution in [3.05, 3.63) is 35.9 Å². The molecule has 18 heavy (non-hydrogen) atoms. The van der Waals surface area contributed by atoms with Crippen LogP contribution in [0.2, 0.25) is 0 Å². The van der Waals surface area contributed by atoms with Crippen molar-refractivity contribution >= 4 is 11.0 Å². The Hall–Kier alpha value is -2.31. The van der Waals surface area contributed by atoms with Gasteiger partial charge in [-0.3, -0.25) is 0 Å². The molecule has 0 unspecified atom stereocenters. The van der Waals surface area contributed by atoms with Gasteiger partial charge in [-0.2, -0.15) is 4.98 Å². The lowest BCUT2D eigenvalue weighted by molar-refractivity contribution is 0.136. The van der Waals surface area contributed by atoms with Crippen molar-refractivity contribution in [2.45, 2.75) is 6.43 Å². The Bertz CT molecular complexity index is 705. The highest BCUT2D eigenvalue weighted by Crippen LogP contribution is 2.28. The fourth-order valence-corrected chi connectivity index (χ4v) is 1.54. The van der Waals surface area contributed by atoms with Gasteiger partial charge in [-0.15, -0.1) is 0 Å². The van der Waals surface area contributed by atoms with Crippen LogP contribution >= 0.6 is 0 Å². The molecule has 1 aromatic carbocycles. The van der Waals surface area contributed by atoms with E-state index in [4.69, 9.17) is 4.42 Å². The summed E-state index contributed by atoms with van der Waals surface area (Å²) in [6.45, 7) is 0. The van der Waals surface area contributed by atoms with Crippen molar-refractivity contribution in [1.82, 2.24) is 10.1 Å². The predicted molar refractivity (Wildman–Crippen MR) is 54.4 cm³/mol. The van der Waals surface area contributed by atoms with Crippen LogP contribution in [0.4, 0.5) is 13.2 Å². The number of fused-ring (bicyclic) bond motifs is 1. The Balaban J connectivity index is 2.07. The third-order valence-corrected chi connectivity index (χ3v) is 2.33. The van der Waals surface area contributed by atoms with Crippen molar-refractivity contribution in [2.24, 2.45) is 0 Å². The zero-order chi connectivity index (χ0) is 12.7. The first kappa shape index (κ1) is 10.8. The molecule has 0 spiro atoms. The minimum Gasteiger partial charge on any atom is -0.451 e. The van der Waals surface area contributed by atoms with Crippen LogP contribution in [-0.2, 0) is 0 Å². The molecule has 0 bridgehead atoms. The van der Waals surface area contributed by atoms with Gasteiger partial charge in [0.1, 0.15) is 11.4 Å². The van der Waals surface area contributed by atoms with Crippen LogP contribution in [0.15, 0.2) is 33.2 Å². The highest BCUT2D eigenvalue weighted by atomic mass is 19.3.